The summed E-state index contributed by atoms with van der Waals surface area (Å²) in [7, 11) is 0. The molecule has 5 heteroatoms. The molecule has 2 aromatic carbocycles. The molecule has 1 N–H and O–H groups in total. The molecular weight excluding hydrogens is 305 g/mol. The highest BCUT2D eigenvalue weighted by Gasteiger charge is 2.11. The average Bonchev–Trinajstić information content (AvgIpc) is 2.50. The number of hydrogen-bond acceptors (Lipinski definition) is 2. The molecule has 1 amide bonds. The average molecular weight is 320 g/mol. The molecule has 3 nitrogen and oxygen atoms in total. The zero-order valence-electron chi connectivity index (χ0n) is 12.0. The Morgan fingerprint density at radius 1 is 1.09 bits per heavy atom. The summed E-state index contributed by atoms with van der Waals surface area (Å²) in [5, 5.41) is 3.30. The lowest BCUT2D eigenvalue weighted by molar-refractivity contribution is -0.116. The van der Waals surface area contributed by atoms with Crippen molar-refractivity contribution in [2.24, 2.45) is 0 Å². The van der Waals surface area contributed by atoms with Gasteiger partial charge < -0.3 is 5.32 Å². The van der Waals surface area contributed by atoms with Crippen LogP contribution in [0.5, 0.6) is 0 Å². The van der Waals surface area contributed by atoms with Crippen LogP contribution in [0.3, 0.4) is 0 Å². The Hall–Kier alpha value is -2.20. The van der Waals surface area contributed by atoms with Crippen LogP contribution in [-0.2, 0) is 4.79 Å². The lowest BCUT2D eigenvalue weighted by atomic mass is 10.1. The van der Waals surface area contributed by atoms with Crippen molar-refractivity contribution in [2.75, 3.05) is 5.32 Å². The number of ketones is 1. The van der Waals surface area contributed by atoms with E-state index in [-0.39, 0.29) is 24.5 Å². The third-order valence-corrected chi connectivity index (χ3v) is 3.70. The second-order valence-electron chi connectivity index (χ2n) is 4.89. The summed E-state index contributed by atoms with van der Waals surface area (Å²) >= 11 is 5.98. The van der Waals surface area contributed by atoms with Gasteiger partial charge >= 0.3 is 0 Å². The molecule has 0 heterocycles. The number of carbonyl (C=O) groups is 2. The molecule has 0 aliphatic carbocycles. The van der Waals surface area contributed by atoms with Gasteiger partial charge in [0.1, 0.15) is 5.82 Å². The molecule has 0 bridgehead atoms. The molecule has 0 aliphatic rings. The fourth-order valence-corrected chi connectivity index (χ4v) is 2.14. The molecule has 0 fully saturated rings. The lowest BCUT2D eigenvalue weighted by Crippen LogP contribution is -2.14. The van der Waals surface area contributed by atoms with Gasteiger partial charge in [0.05, 0.1) is 0 Å². The predicted octanol–water partition coefficient (Wildman–Crippen LogP) is 4.39. The van der Waals surface area contributed by atoms with Gasteiger partial charge in [-0.2, -0.15) is 0 Å². The third-order valence-electron chi connectivity index (χ3n) is 3.29. The van der Waals surface area contributed by atoms with E-state index in [0.29, 0.717) is 16.3 Å². The lowest BCUT2D eigenvalue weighted by Gasteiger charge is -2.09. The van der Waals surface area contributed by atoms with Crippen LogP contribution in [-0.4, -0.2) is 11.7 Å². The van der Waals surface area contributed by atoms with Crippen LogP contribution in [0.2, 0.25) is 5.02 Å². The molecule has 22 heavy (non-hydrogen) atoms. The van der Waals surface area contributed by atoms with E-state index in [1.165, 1.54) is 24.3 Å². The van der Waals surface area contributed by atoms with Crippen LogP contribution >= 0.6 is 11.6 Å². The van der Waals surface area contributed by atoms with Crippen LogP contribution in [0.25, 0.3) is 0 Å². The first-order valence-corrected chi connectivity index (χ1v) is 7.19. The minimum atomic E-state index is -0.397. The molecule has 2 aromatic rings. The quantitative estimate of drug-likeness (QED) is 0.831. The van der Waals surface area contributed by atoms with Gasteiger partial charge in [-0.15, -0.1) is 0 Å². The minimum Gasteiger partial charge on any atom is -0.326 e. The Bertz CT molecular complexity index is 698. The molecule has 0 aromatic heterocycles. The van der Waals surface area contributed by atoms with Gasteiger partial charge in [0.15, 0.2) is 5.78 Å². The van der Waals surface area contributed by atoms with Crippen molar-refractivity contribution in [3.63, 3.8) is 0 Å². The van der Waals surface area contributed by atoms with Crippen LogP contribution in [0.4, 0.5) is 10.1 Å². The Kier molecular flexibility index (Phi) is 5.28. The first kappa shape index (κ1) is 16.2. The maximum Gasteiger partial charge on any atom is 0.224 e. The van der Waals surface area contributed by atoms with Gasteiger partial charge in [0, 0.05) is 29.1 Å². The van der Waals surface area contributed by atoms with E-state index >= 15 is 0 Å². The zero-order chi connectivity index (χ0) is 16.1. The maximum atomic E-state index is 12.8. The van der Waals surface area contributed by atoms with Crippen molar-refractivity contribution in [2.45, 2.75) is 19.8 Å². The summed E-state index contributed by atoms with van der Waals surface area (Å²) in [4.78, 5) is 23.8. The highest BCUT2D eigenvalue weighted by molar-refractivity contribution is 6.31. The number of nitrogens with one attached hydrogen (secondary N) is 1. The summed E-state index contributed by atoms with van der Waals surface area (Å²) in [6.07, 6.45) is 0.124. The number of halogens is 2. The van der Waals surface area contributed by atoms with Crippen LogP contribution in [0.1, 0.15) is 28.8 Å². The van der Waals surface area contributed by atoms with Gasteiger partial charge in [-0.05, 0) is 48.9 Å². The van der Waals surface area contributed by atoms with Gasteiger partial charge in [-0.25, -0.2) is 4.39 Å². The Labute approximate surface area is 133 Å². The largest absolute Gasteiger partial charge is 0.326 e. The second-order valence-corrected chi connectivity index (χ2v) is 5.30. The third kappa shape index (κ3) is 4.15. The van der Waals surface area contributed by atoms with Crippen molar-refractivity contribution in [1.82, 2.24) is 0 Å². The number of amides is 1. The van der Waals surface area contributed by atoms with E-state index in [4.69, 9.17) is 11.6 Å². The molecule has 0 saturated carbocycles. The number of hydrogen-bond donors (Lipinski definition) is 1. The maximum absolute atomic E-state index is 12.8. The molecule has 0 aliphatic heterocycles. The number of benzene rings is 2. The molecule has 2 rings (SSSR count). The van der Waals surface area contributed by atoms with E-state index in [1.807, 2.05) is 6.92 Å². The van der Waals surface area contributed by atoms with Crippen LogP contribution in [0, 0.1) is 12.7 Å². The Morgan fingerprint density at radius 3 is 2.45 bits per heavy atom. The normalized spacial score (nSPS) is 10.3. The fourth-order valence-electron chi connectivity index (χ4n) is 1.96. The summed E-state index contributed by atoms with van der Waals surface area (Å²) in [6.45, 7) is 1.81. The van der Waals surface area contributed by atoms with Gasteiger partial charge in [-0.1, -0.05) is 17.7 Å². The number of anilines is 1. The monoisotopic (exact) mass is 319 g/mol. The highest BCUT2D eigenvalue weighted by Crippen LogP contribution is 2.23. The van der Waals surface area contributed by atoms with E-state index < -0.39 is 5.82 Å². The topological polar surface area (TPSA) is 46.2 Å². The summed E-state index contributed by atoms with van der Waals surface area (Å²) in [5.41, 5.74) is 1.81. The van der Waals surface area contributed by atoms with Gasteiger partial charge in [0.2, 0.25) is 5.91 Å². The van der Waals surface area contributed by atoms with Crippen molar-refractivity contribution >= 4 is 29.0 Å². The minimum absolute atomic E-state index is 0.0577. The summed E-state index contributed by atoms with van der Waals surface area (Å²) in [6, 6.07) is 10.5. The SMILES string of the molecule is Cc1c(Cl)cccc1NC(=O)CCC(=O)c1ccc(F)cc1. The smallest absolute Gasteiger partial charge is 0.224 e. The summed E-state index contributed by atoms with van der Waals surface area (Å²) in [5.74, 6) is -0.857. The molecule has 0 unspecified atom stereocenters. The number of carbonyl (C=O) groups excluding carboxylic acids is 2. The van der Waals surface area contributed by atoms with Crippen molar-refractivity contribution in [3.8, 4) is 0 Å². The van der Waals surface area contributed by atoms with E-state index in [0.717, 1.165) is 5.56 Å². The van der Waals surface area contributed by atoms with Gasteiger partial charge in [0.25, 0.3) is 0 Å². The van der Waals surface area contributed by atoms with E-state index in [2.05, 4.69) is 5.32 Å². The molecule has 0 saturated heterocycles. The van der Waals surface area contributed by atoms with Gasteiger partial charge in [-0.3, -0.25) is 9.59 Å². The van der Waals surface area contributed by atoms with E-state index in [9.17, 15) is 14.0 Å². The van der Waals surface area contributed by atoms with Crippen molar-refractivity contribution in [3.05, 3.63) is 64.4 Å². The number of Topliss-reactive ketones (excluding diaryl/α,β-unsaturated/α-hetero) is 1. The highest BCUT2D eigenvalue weighted by atomic mass is 35.5. The molecule has 114 valence electrons. The fraction of sp³-hybridized carbons (Fsp3) is 0.176. The van der Waals surface area contributed by atoms with Crippen LogP contribution < -0.4 is 5.32 Å². The molecular formula is C17H15ClFNO2. The Morgan fingerprint density at radius 2 is 1.77 bits per heavy atom. The second kappa shape index (κ2) is 7.18. The standard InChI is InChI=1S/C17H15ClFNO2/c1-11-14(18)3-2-4-15(11)20-17(22)10-9-16(21)12-5-7-13(19)8-6-12/h2-8H,9-10H2,1H3,(H,20,22). The molecule has 0 spiro atoms. The van der Waals surface area contributed by atoms with E-state index in [1.54, 1.807) is 18.2 Å². The van der Waals surface area contributed by atoms with Crippen molar-refractivity contribution in [1.29, 1.82) is 0 Å². The zero-order valence-corrected chi connectivity index (χ0v) is 12.8. The van der Waals surface area contributed by atoms with Crippen LogP contribution in [0.15, 0.2) is 42.5 Å². The number of rotatable bonds is 5. The Balaban J connectivity index is 1.91. The van der Waals surface area contributed by atoms with Crippen molar-refractivity contribution < 1.29 is 14.0 Å². The summed E-state index contributed by atoms with van der Waals surface area (Å²) < 4.78 is 12.8. The molecule has 0 atom stereocenters. The molecule has 0 radical (unpaired) electrons. The first-order chi connectivity index (χ1) is 10.5. The first-order valence-electron chi connectivity index (χ1n) is 6.81. The predicted molar refractivity (Wildman–Crippen MR) is 84.8 cm³/mol.